The number of carbonyl (C=O) groups is 2. The Hall–Kier alpha value is -3.54. The van der Waals surface area contributed by atoms with Crippen LogP contribution in [-0.4, -0.2) is 112 Å². The summed E-state index contributed by atoms with van der Waals surface area (Å²) >= 11 is 0. The molecule has 11 heteroatoms. The van der Waals surface area contributed by atoms with Crippen molar-refractivity contribution in [2.24, 2.45) is 0 Å². The summed E-state index contributed by atoms with van der Waals surface area (Å²) < 4.78 is 27.3. The maximum absolute atomic E-state index is 13.6. The molecule has 0 aliphatic carbocycles. The third-order valence-electron chi connectivity index (χ3n) is 7.79. The first-order chi connectivity index (χ1) is 18.8. The first kappa shape index (κ1) is 28.5. The number of rotatable bonds is 10. The minimum atomic E-state index is -0.705. The number of piperazine rings is 1. The van der Waals surface area contributed by atoms with Crippen LogP contribution in [0.5, 0.6) is 28.7 Å². The van der Waals surface area contributed by atoms with Gasteiger partial charge < -0.3 is 28.8 Å². The fraction of sp³-hybridized carbons (Fsp3) is 0.500. The Morgan fingerprint density at radius 1 is 0.923 bits per heavy atom. The lowest BCUT2D eigenvalue weighted by Crippen LogP contribution is -2.66. The van der Waals surface area contributed by atoms with Crippen LogP contribution in [0.3, 0.4) is 0 Å². The largest absolute Gasteiger partial charge is 0.493 e. The number of β-amino-alcohol motifs (C(OH)–C–C–N with tert-alkyl or cyclic N) is 1. The fourth-order valence-electron chi connectivity index (χ4n) is 5.67. The van der Waals surface area contributed by atoms with Gasteiger partial charge in [-0.05, 0) is 24.3 Å². The number of benzene rings is 2. The van der Waals surface area contributed by atoms with Gasteiger partial charge in [0.05, 0.1) is 61.3 Å². The quantitative estimate of drug-likeness (QED) is 0.354. The van der Waals surface area contributed by atoms with Gasteiger partial charge in [0.2, 0.25) is 5.75 Å². The van der Waals surface area contributed by atoms with Gasteiger partial charge in [-0.15, -0.1) is 0 Å². The first-order valence-electron chi connectivity index (χ1n) is 12.9. The highest BCUT2D eigenvalue weighted by molar-refractivity contribution is 5.95. The van der Waals surface area contributed by atoms with Crippen molar-refractivity contribution < 1.29 is 42.9 Å². The third kappa shape index (κ3) is 5.47. The molecule has 2 aliphatic heterocycles. The number of ether oxygens (including phenoxy) is 5. The van der Waals surface area contributed by atoms with Crippen molar-refractivity contribution in [3.8, 4) is 28.7 Å². The van der Waals surface area contributed by atoms with E-state index in [1.807, 2.05) is 12.1 Å². The molecule has 0 saturated carbocycles. The summed E-state index contributed by atoms with van der Waals surface area (Å²) in [6.07, 6.45) is 0.103. The van der Waals surface area contributed by atoms with E-state index in [4.69, 9.17) is 23.7 Å². The highest BCUT2D eigenvalue weighted by Gasteiger charge is 2.50. The van der Waals surface area contributed by atoms with E-state index in [2.05, 4.69) is 4.90 Å². The Bertz CT molecular complexity index is 1180. The Labute approximate surface area is 228 Å². The lowest BCUT2D eigenvalue weighted by molar-refractivity contribution is -0.885. The maximum Gasteiger partial charge on any atom is 0.303 e. The standard InChI is InChI=1S/C28H38N3O8/c1-35-22-8-6-19(14-24(22)37-3)28(34)30-17-21(33)15-25(30)31(18-32)12-10-29(11-13-31)16-20-7-9-23(36-2)27(39-5)26(20)38-4/h6-9,14,18,21,25,33H,10-13,15-17H2,1-5H3/q+1/t21-,25-/m1/s1. The van der Waals surface area contributed by atoms with Crippen molar-refractivity contribution in [3.05, 3.63) is 41.5 Å². The molecule has 2 aromatic carbocycles. The van der Waals surface area contributed by atoms with Gasteiger partial charge >= 0.3 is 6.41 Å². The molecule has 2 amide bonds. The van der Waals surface area contributed by atoms with Crippen molar-refractivity contribution in [1.82, 2.24) is 9.80 Å². The third-order valence-corrected chi connectivity index (χ3v) is 7.79. The van der Waals surface area contributed by atoms with E-state index in [0.717, 1.165) is 12.0 Å². The highest BCUT2D eigenvalue weighted by atomic mass is 16.5. The maximum atomic E-state index is 13.6. The van der Waals surface area contributed by atoms with Crippen LogP contribution in [-0.2, 0) is 11.3 Å². The Morgan fingerprint density at radius 2 is 1.56 bits per heavy atom. The number of aliphatic hydroxyl groups excluding tert-OH is 1. The number of quaternary nitrogens is 1. The summed E-state index contributed by atoms with van der Waals surface area (Å²) in [4.78, 5) is 30.1. The number of methoxy groups -OCH3 is 5. The van der Waals surface area contributed by atoms with Crippen molar-refractivity contribution in [1.29, 1.82) is 0 Å². The minimum Gasteiger partial charge on any atom is -0.493 e. The molecule has 2 heterocycles. The lowest BCUT2D eigenvalue weighted by Gasteiger charge is -2.46. The molecular formula is C28H38N3O8+. The zero-order chi connectivity index (χ0) is 28.2. The van der Waals surface area contributed by atoms with Crippen LogP contribution in [0.2, 0.25) is 0 Å². The molecule has 0 radical (unpaired) electrons. The number of nitrogens with zero attached hydrogens (tertiary/aromatic N) is 3. The van der Waals surface area contributed by atoms with Gasteiger partial charge in [-0.1, -0.05) is 6.07 Å². The van der Waals surface area contributed by atoms with E-state index in [0.29, 0.717) is 73.5 Å². The number of amides is 2. The second-order valence-electron chi connectivity index (χ2n) is 9.82. The molecule has 212 valence electrons. The van der Waals surface area contributed by atoms with Crippen LogP contribution in [0.25, 0.3) is 0 Å². The molecule has 2 atom stereocenters. The van der Waals surface area contributed by atoms with Crippen molar-refractivity contribution in [2.75, 3.05) is 68.3 Å². The number of hydrogen-bond acceptors (Lipinski definition) is 9. The smallest absolute Gasteiger partial charge is 0.303 e. The average molecular weight is 545 g/mol. The van der Waals surface area contributed by atoms with E-state index < -0.39 is 12.3 Å². The second-order valence-corrected chi connectivity index (χ2v) is 9.82. The molecule has 0 aromatic heterocycles. The van der Waals surface area contributed by atoms with Gasteiger partial charge in [-0.3, -0.25) is 14.6 Å². The number of aliphatic hydroxyl groups is 1. The van der Waals surface area contributed by atoms with Crippen molar-refractivity contribution in [3.63, 3.8) is 0 Å². The lowest BCUT2D eigenvalue weighted by atomic mass is 10.1. The minimum absolute atomic E-state index is 0.0790. The molecule has 1 N–H and O–H groups in total. The Kier molecular flexibility index (Phi) is 8.83. The van der Waals surface area contributed by atoms with Crippen LogP contribution in [0.15, 0.2) is 30.3 Å². The molecular weight excluding hydrogens is 506 g/mol. The highest BCUT2D eigenvalue weighted by Crippen LogP contribution is 2.40. The van der Waals surface area contributed by atoms with E-state index >= 15 is 0 Å². The molecule has 2 saturated heterocycles. The van der Waals surface area contributed by atoms with Crippen molar-refractivity contribution in [2.45, 2.75) is 25.2 Å². The van der Waals surface area contributed by atoms with Gasteiger partial charge in [0, 0.05) is 37.2 Å². The monoisotopic (exact) mass is 544 g/mol. The molecule has 2 fully saturated rings. The predicted molar refractivity (Wildman–Crippen MR) is 142 cm³/mol. The van der Waals surface area contributed by atoms with Gasteiger partial charge in [0.25, 0.3) is 5.91 Å². The molecule has 2 aromatic rings. The fourth-order valence-corrected chi connectivity index (χ4v) is 5.67. The summed E-state index contributed by atoms with van der Waals surface area (Å²) in [6, 6.07) is 8.78. The Morgan fingerprint density at radius 3 is 2.15 bits per heavy atom. The summed E-state index contributed by atoms with van der Waals surface area (Å²) in [6.45, 7) is 3.03. The predicted octanol–water partition coefficient (Wildman–Crippen LogP) is 1.75. The molecule has 0 spiro atoms. The molecule has 4 rings (SSSR count). The Balaban J connectivity index is 1.52. The zero-order valence-electron chi connectivity index (χ0n) is 23.2. The molecule has 11 nitrogen and oxygen atoms in total. The van der Waals surface area contributed by atoms with E-state index in [1.54, 1.807) is 44.4 Å². The van der Waals surface area contributed by atoms with Crippen LogP contribution < -0.4 is 23.7 Å². The SMILES string of the molecule is COc1ccc(C(=O)N2C[C@H](O)C[C@H]2[N+]2(C=O)CCN(Cc3ccc(OC)c(OC)c3OC)CC2)cc1OC. The van der Waals surface area contributed by atoms with Crippen LogP contribution in [0.4, 0.5) is 0 Å². The topological polar surface area (TPSA) is 107 Å². The summed E-state index contributed by atoms with van der Waals surface area (Å²) in [5.41, 5.74) is 1.36. The average Bonchev–Trinajstić information content (AvgIpc) is 3.38. The van der Waals surface area contributed by atoms with Gasteiger partial charge in [-0.2, -0.15) is 0 Å². The molecule has 0 bridgehead atoms. The first-order valence-corrected chi connectivity index (χ1v) is 12.9. The second kappa shape index (κ2) is 12.1. The summed E-state index contributed by atoms with van der Waals surface area (Å²) in [5, 5.41) is 10.6. The van der Waals surface area contributed by atoms with E-state index in [1.165, 1.54) is 14.2 Å². The van der Waals surface area contributed by atoms with Crippen LogP contribution in [0.1, 0.15) is 22.3 Å². The number of likely N-dealkylation sites (tertiary alicyclic amines) is 1. The van der Waals surface area contributed by atoms with E-state index in [-0.39, 0.29) is 16.9 Å². The molecule has 39 heavy (non-hydrogen) atoms. The van der Waals surface area contributed by atoms with Gasteiger partial charge in [0.15, 0.2) is 29.2 Å². The molecule has 0 unspecified atom stereocenters. The number of hydrogen-bond donors (Lipinski definition) is 1. The van der Waals surface area contributed by atoms with Gasteiger partial charge in [0.1, 0.15) is 0 Å². The summed E-state index contributed by atoms with van der Waals surface area (Å²) in [5.74, 6) is 2.45. The molecule has 2 aliphatic rings. The van der Waals surface area contributed by atoms with Gasteiger partial charge in [-0.25, -0.2) is 9.28 Å². The van der Waals surface area contributed by atoms with Crippen LogP contribution >= 0.6 is 0 Å². The zero-order valence-corrected chi connectivity index (χ0v) is 23.2. The van der Waals surface area contributed by atoms with E-state index in [9.17, 15) is 14.7 Å². The van der Waals surface area contributed by atoms with Crippen LogP contribution in [0, 0.1) is 0 Å². The number of carbonyl (C=O) groups excluding carboxylic acids is 2. The van der Waals surface area contributed by atoms with Crippen molar-refractivity contribution >= 4 is 12.3 Å². The normalized spacial score (nSPS) is 20.8. The summed E-state index contributed by atoms with van der Waals surface area (Å²) in [7, 11) is 7.80.